The molecule has 1 aliphatic rings. The maximum absolute atomic E-state index is 10.3. The molecule has 0 radical (unpaired) electrons. The molecule has 3 rings (SSSR count). The molecule has 23 heavy (non-hydrogen) atoms. The quantitative estimate of drug-likeness (QED) is 0.878. The van der Waals surface area contributed by atoms with E-state index in [4.69, 9.17) is 0 Å². The van der Waals surface area contributed by atoms with E-state index in [1.807, 2.05) is 19.9 Å². The van der Waals surface area contributed by atoms with Gasteiger partial charge in [-0.25, -0.2) is 15.0 Å². The zero-order valence-electron chi connectivity index (χ0n) is 13.9. The molecule has 6 nitrogen and oxygen atoms in total. The molecule has 1 atom stereocenters. The summed E-state index contributed by atoms with van der Waals surface area (Å²) in [6.07, 6.45) is 4.90. The number of fused-ring (bicyclic) bond motifs is 1. The van der Waals surface area contributed by atoms with Gasteiger partial charge in [0.1, 0.15) is 12.1 Å². The first-order valence-corrected chi connectivity index (χ1v) is 8.37. The highest BCUT2D eigenvalue weighted by Gasteiger charge is 2.15. The molecule has 0 spiro atoms. The van der Waals surface area contributed by atoms with E-state index in [1.54, 1.807) is 0 Å². The van der Waals surface area contributed by atoms with Crippen LogP contribution in [-0.2, 0) is 0 Å². The summed E-state index contributed by atoms with van der Waals surface area (Å²) in [5.41, 5.74) is 2.75. The molecule has 0 amide bonds. The fourth-order valence-electron chi connectivity index (χ4n) is 3.26. The fraction of sp³-hybridized carbons (Fsp3) is 0.588. The number of nitrogens with zero attached hydrogens (tertiary/aromatic N) is 4. The molecule has 0 aromatic carbocycles. The van der Waals surface area contributed by atoms with Crippen molar-refractivity contribution in [2.45, 2.75) is 39.2 Å². The first-order valence-electron chi connectivity index (χ1n) is 8.37. The van der Waals surface area contributed by atoms with Crippen LogP contribution in [0.5, 0.6) is 0 Å². The van der Waals surface area contributed by atoms with Crippen molar-refractivity contribution < 1.29 is 5.11 Å². The fourth-order valence-corrected chi connectivity index (χ4v) is 3.26. The molecule has 2 aromatic heterocycles. The van der Waals surface area contributed by atoms with E-state index in [9.17, 15) is 5.11 Å². The third-order valence-corrected chi connectivity index (χ3v) is 4.35. The Hall–Kier alpha value is -1.79. The largest absolute Gasteiger partial charge is 0.390 e. The number of aromatic nitrogens is 3. The zero-order chi connectivity index (χ0) is 16.2. The molecular formula is C17H25N5O. The Morgan fingerprint density at radius 1 is 1.22 bits per heavy atom. The van der Waals surface area contributed by atoms with Gasteiger partial charge in [-0.15, -0.1) is 0 Å². The molecule has 0 bridgehead atoms. The van der Waals surface area contributed by atoms with Gasteiger partial charge in [-0.1, -0.05) is 6.42 Å². The predicted molar refractivity (Wildman–Crippen MR) is 91.6 cm³/mol. The average molecular weight is 315 g/mol. The first kappa shape index (κ1) is 16.1. The normalized spacial score (nSPS) is 17.3. The van der Waals surface area contributed by atoms with Crippen molar-refractivity contribution in [3.05, 3.63) is 23.7 Å². The van der Waals surface area contributed by atoms with Gasteiger partial charge in [0, 0.05) is 18.8 Å². The molecule has 6 heteroatoms. The maximum Gasteiger partial charge on any atom is 0.165 e. The van der Waals surface area contributed by atoms with Crippen molar-refractivity contribution in [1.29, 1.82) is 0 Å². The van der Waals surface area contributed by atoms with Gasteiger partial charge >= 0.3 is 0 Å². The number of aryl methyl sites for hydroxylation is 2. The molecule has 0 saturated carbocycles. The Balaban J connectivity index is 1.67. The molecule has 124 valence electrons. The van der Waals surface area contributed by atoms with Crippen LogP contribution in [0.1, 0.15) is 30.5 Å². The number of pyridine rings is 1. The van der Waals surface area contributed by atoms with Crippen LogP contribution in [-0.4, -0.2) is 57.2 Å². The number of aliphatic hydroxyl groups is 1. The SMILES string of the molecule is Cc1cc(C)c2c(NC[C@@H](O)CN3CCCCC3)ncnc2n1. The Labute approximate surface area is 137 Å². The molecule has 0 aliphatic carbocycles. The van der Waals surface area contributed by atoms with Gasteiger partial charge in [0.25, 0.3) is 0 Å². The number of hydrogen-bond donors (Lipinski definition) is 2. The van der Waals surface area contributed by atoms with Gasteiger partial charge in [0.15, 0.2) is 5.65 Å². The van der Waals surface area contributed by atoms with Crippen molar-refractivity contribution >= 4 is 16.9 Å². The van der Waals surface area contributed by atoms with Crippen molar-refractivity contribution in [3.63, 3.8) is 0 Å². The summed E-state index contributed by atoms with van der Waals surface area (Å²) in [4.78, 5) is 15.4. The Morgan fingerprint density at radius 2 is 2.00 bits per heavy atom. The molecule has 1 saturated heterocycles. The predicted octanol–water partition coefficient (Wildman–Crippen LogP) is 1.90. The average Bonchev–Trinajstić information content (AvgIpc) is 2.53. The van der Waals surface area contributed by atoms with Crippen molar-refractivity contribution in [3.8, 4) is 0 Å². The Bertz CT molecular complexity index is 669. The van der Waals surface area contributed by atoms with E-state index in [0.29, 0.717) is 18.7 Å². The summed E-state index contributed by atoms with van der Waals surface area (Å²) in [6, 6.07) is 2.03. The maximum atomic E-state index is 10.3. The second-order valence-electron chi connectivity index (χ2n) is 6.40. The highest BCUT2D eigenvalue weighted by Crippen LogP contribution is 2.22. The van der Waals surface area contributed by atoms with Crippen molar-refractivity contribution in [1.82, 2.24) is 19.9 Å². The topological polar surface area (TPSA) is 74.2 Å². The minimum atomic E-state index is -0.406. The summed E-state index contributed by atoms with van der Waals surface area (Å²) in [5.74, 6) is 0.748. The molecular weight excluding hydrogens is 290 g/mol. The standard InChI is InChI=1S/C17H25N5O/c1-12-8-13(2)21-17-15(12)16(19-11-20-17)18-9-14(23)10-22-6-4-3-5-7-22/h8,11,14,23H,3-7,9-10H2,1-2H3,(H,18,19,20,21)/t14-/m1/s1. The molecule has 2 aromatic rings. The molecule has 2 N–H and O–H groups in total. The Kier molecular flexibility index (Phi) is 5.03. The van der Waals surface area contributed by atoms with E-state index < -0.39 is 6.10 Å². The number of anilines is 1. The minimum absolute atomic E-state index is 0.406. The van der Waals surface area contributed by atoms with Gasteiger partial charge in [0.2, 0.25) is 0 Å². The lowest BCUT2D eigenvalue weighted by Gasteiger charge is -2.28. The Morgan fingerprint density at radius 3 is 2.78 bits per heavy atom. The third-order valence-electron chi connectivity index (χ3n) is 4.35. The first-order chi connectivity index (χ1) is 11.1. The highest BCUT2D eigenvalue weighted by atomic mass is 16.3. The van der Waals surface area contributed by atoms with Gasteiger partial charge < -0.3 is 15.3 Å². The van der Waals surface area contributed by atoms with Crippen LogP contribution in [0.25, 0.3) is 11.0 Å². The number of rotatable bonds is 5. The van der Waals surface area contributed by atoms with Crippen LogP contribution < -0.4 is 5.32 Å². The molecule has 1 fully saturated rings. The lowest BCUT2D eigenvalue weighted by molar-refractivity contribution is 0.109. The lowest BCUT2D eigenvalue weighted by atomic mass is 10.1. The van der Waals surface area contributed by atoms with Crippen LogP contribution in [0.3, 0.4) is 0 Å². The van der Waals surface area contributed by atoms with Crippen molar-refractivity contribution in [2.75, 3.05) is 31.5 Å². The van der Waals surface area contributed by atoms with Crippen LogP contribution in [0.4, 0.5) is 5.82 Å². The van der Waals surface area contributed by atoms with Gasteiger partial charge in [0.05, 0.1) is 11.5 Å². The van der Waals surface area contributed by atoms with Crippen LogP contribution in [0, 0.1) is 13.8 Å². The second kappa shape index (κ2) is 7.19. The number of hydrogen-bond acceptors (Lipinski definition) is 6. The minimum Gasteiger partial charge on any atom is -0.390 e. The smallest absolute Gasteiger partial charge is 0.165 e. The monoisotopic (exact) mass is 315 g/mol. The number of β-amino-alcohol motifs (C(OH)–C–C–N with tert-alkyl or cyclic N) is 1. The number of aliphatic hydroxyl groups excluding tert-OH is 1. The van der Waals surface area contributed by atoms with E-state index in [2.05, 4.69) is 25.2 Å². The van der Waals surface area contributed by atoms with Crippen LogP contribution >= 0.6 is 0 Å². The van der Waals surface area contributed by atoms with E-state index in [-0.39, 0.29) is 0 Å². The molecule has 0 unspecified atom stereocenters. The van der Waals surface area contributed by atoms with Crippen LogP contribution in [0.2, 0.25) is 0 Å². The molecule has 1 aliphatic heterocycles. The van der Waals surface area contributed by atoms with E-state index in [1.165, 1.54) is 25.6 Å². The van der Waals surface area contributed by atoms with Gasteiger partial charge in [-0.2, -0.15) is 0 Å². The van der Waals surface area contributed by atoms with Gasteiger partial charge in [-0.3, -0.25) is 0 Å². The van der Waals surface area contributed by atoms with E-state index >= 15 is 0 Å². The summed E-state index contributed by atoms with van der Waals surface area (Å²) < 4.78 is 0. The zero-order valence-corrected chi connectivity index (χ0v) is 13.9. The highest BCUT2D eigenvalue weighted by molar-refractivity contribution is 5.89. The number of nitrogens with one attached hydrogen (secondary N) is 1. The summed E-state index contributed by atoms with van der Waals surface area (Å²) >= 11 is 0. The summed E-state index contributed by atoms with van der Waals surface area (Å²) in [6.45, 7) is 7.38. The van der Waals surface area contributed by atoms with Crippen molar-refractivity contribution in [2.24, 2.45) is 0 Å². The third kappa shape index (κ3) is 3.95. The summed E-state index contributed by atoms with van der Waals surface area (Å²) in [7, 11) is 0. The second-order valence-corrected chi connectivity index (χ2v) is 6.40. The number of likely N-dealkylation sites (tertiary alicyclic amines) is 1. The van der Waals surface area contributed by atoms with E-state index in [0.717, 1.165) is 35.6 Å². The summed E-state index contributed by atoms with van der Waals surface area (Å²) in [5, 5.41) is 14.5. The lowest BCUT2D eigenvalue weighted by Crippen LogP contribution is -2.39. The molecule has 3 heterocycles. The number of piperidine rings is 1. The van der Waals surface area contributed by atoms with Gasteiger partial charge in [-0.05, 0) is 51.4 Å². The van der Waals surface area contributed by atoms with Crippen LogP contribution in [0.15, 0.2) is 12.4 Å².